The van der Waals surface area contributed by atoms with Crippen LogP contribution >= 0.6 is 15.9 Å². The molecular formula is C17H15BrF3. The van der Waals surface area contributed by atoms with Gasteiger partial charge in [0, 0.05) is 5.33 Å². The zero-order valence-corrected chi connectivity index (χ0v) is 13.3. The van der Waals surface area contributed by atoms with E-state index in [-0.39, 0.29) is 0 Å². The number of benzene rings is 2. The Balaban J connectivity index is 2.51. The molecule has 0 amide bonds. The van der Waals surface area contributed by atoms with E-state index in [4.69, 9.17) is 0 Å². The maximum atomic E-state index is 12.8. The average Bonchev–Trinajstić information content (AvgIpc) is 2.45. The summed E-state index contributed by atoms with van der Waals surface area (Å²) in [5, 5.41) is 0.367. The first kappa shape index (κ1) is 16.1. The van der Waals surface area contributed by atoms with Crippen molar-refractivity contribution in [2.24, 2.45) is 0 Å². The summed E-state index contributed by atoms with van der Waals surface area (Å²) in [6.07, 6.45) is -4.32. The first-order valence-corrected chi connectivity index (χ1v) is 7.73. The molecule has 4 heteroatoms. The minimum Gasteiger partial charge on any atom is -0.166 e. The molecule has 0 saturated heterocycles. The lowest BCUT2D eigenvalue weighted by Gasteiger charge is -2.14. The molecule has 0 heterocycles. The largest absolute Gasteiger partial charge is 0.416 e. The summed E-state index contributed by atoms with van der Waals surface area (Å²) in [7, 11) is 0. The lowest BCUT2D eigenvalue weighted by molar-refractivity contribution is -0.137. The van der Waals surface area contributed by atoms with Crippen molar-refractivity contribution in [3.05, 3.63) is 59.2 Å². The highest BCUT2D eigenvalue weighted by molar-refractivity contribution is 9.08. The Morgan fingerprint density at radius 3 is 2.43 bits per heavy atom. The molecule has 0 N–H and O–H groups in total. The molecule has 0 saturated carbocycles. The van der Waals surface area contributed by atoms with Crippen LogP contribution in [0.4, 0.5) is 13.2 Å². The molecule has 0 aliphatic heterocycles. The average molecular weight is 356 g/mol. The molecule has 0 aliphatic rings. The Labute approximate surface area is 131 Å². The van der Waals surface area contributed by atoms with Crippen LogP contribution in [-0.4, -0.2) is 0 Å². The predicted octanol–water partition coefficient (Wildman–Crippen LogP) is 6.19. The van der Waals surface area contributed by atoms with Gasteiger partial charge in [-0.25, -0.2) is 0 Å². The van der Waals surface area contributed by atoms with E-state index in [1.54, 1.807) is 0 Å². The predicted molar refractivity (Wildman–Crippen MR) is 82.4 cm³/mol. The van der Waals surface area contributed by atoms with Crippen LogP contribution in [-0.2, 0) is 11.5 Å². The van der Waals surface area contributed by atoms with E-state index in [9.17, 15) is 13.2 Å². The van der Waals surface area contributed by atoms with Gasteiger partial charge in [0.05, 0.1) is 5.56 Å². The Morgan fingerprint density at radius 2 is 1.86 bits per heavy atom. The molecule has 0 fully saturated rings. The van der Waals surface area contributed by atoms with E-state index in [2.05, 4.69) is 35.8 Å². The minimum absolute atomic E-state index is 0.361. The minimum atomic E-state index is -4.32. The molecule has 2 aromatic rings. The lowest BCUT2D eigenvalue weighted by atomic mass is 9.94. The van der Waals surface area contributed by atoms with E-state index in [1.165, 1.54) is 12.1 Å². The van der Waals surface area contributed by atoms with Crippen LogP contribution in [0.5, 0.6) is 0 Å². The third kappa shape index (κ3) is 3.67. The Bertz CT molecular complexity index is 630. The SMILES string of the molecule is CC(C)c1cc[c]c(-c2ccc(C(F)(F)F)cc2CBr)c1. The number of alkyl halides is 4. The molecule has 1 radical (unpaired) electrons. The van der Waals surface area contributed by atoms with Crippen LogP contribution < -0.4 is 0 Å². The topological polar surface area (TPSA) is 0 Å². The Morgan fingerprint density at radius 1 is 1.14 bits per heavy atom. The van der Waals surface area contributed by atoms with Crippen molar-refractivity contribution < 1.29 is 13.2 Å². The van der Waals surface area contributed by atoms with Gasteiger partial charge in [0.2, 0.25) is 0 Å². The van der Waals surface area contributed by atoms with E-state index < -0.39 is 11.7 Å². The second-order valence-electron chi connectivity index (χ2n) is 5.19. The van der Waals surface area contributed by atoms with Gasteiger partial charge >= 0.3 is 6.18 Å². The van der Waals surface area contributed by atoms with Crippen LogP contribution in [0.2, 0.25) is 0 Å². The normalized spacial score (nSPS) is 12.0. The summed E-state index contributed by atoms with van der Waals surface area (Å²) < 4.78 is 38.4. The third-order valence-corrected chi connectivity index (χ3v) is 3.96. The Kier molecular flexibility index (Phi) is 4.77. The molecule has 2 rings (SSSR count). The molecule has 0 bridgehead atoms. The van der Waals surface area contributed by atoms with Gasteiger partial charge in [0.15, 0.2) is 0 Å². The molecule has 0 aromatic heterocycles. The van der Waals surface area contributed by atoms with Gasteiger partial charge < -0.3 is 0 Å². The van der Waals surface area contributed by atoms with Crippen LogP contribution in [0.3, 0.4) is 0 Å². The monoisotopic (exact) mass is 355 g/mol. The van der Waals surface area contributed by atoms with Crippen molar-refractivity contribution in [2.75, 3.05) is 0 Å². The van der Waals surface area contributed by atoms with Gasteiger partial charge in [-0.3, -0.25) is 0 Å². The third-order valence-electron chi connectivity index (χ3n) is 3.36. The number of halogens is 4. The van der Waals surface area contributed by atoms with Crippen molar-refractivity contribution in [3.8, 4) is 11.1 Å². The zero-order valence-electron chi connectivity index (χ0n) is 11.8. The van der Waals surface area contributed by atoms with Crippen molar-refractivity contribution >= 4 is 15.9 Å². The van der Waals surface area contributed by atoms with Gasteiger partial charge in [-0.05, 0) is 46.4 Å². The van der Waals surface area contributed by atoms with Gasteiger partial charge in [-0.15, -0.1) is 0 Å². The van der Waals surface area contributed by atoms with Crippen LogP contribution in [0.25, 0.3) is 11.1 Å². The second kappa shape index (κ2) is 6.22. The van der Waals surface area contributed by atoms with E-state index in [0.29, 0.717) is 16.8 Å². The second-order valence-corrected chi connectivity index (χ2v) is 5.75. The fourth-order valence-electron chi connectivity index (χ4n) is 2.14. The number of rotatable bonds is 3. The molecule has 0 aliphatic carbocycles. The molecule has 2 aromatic carbocycles. The highest BCUT2D eigenvalue weighted by atomic mass is 79.9. The molecular weight excluding hydrogens is 341 g/mol. The van der Waals surface area contributed by atoms with Gasteiger partial charge in [-0.1, -0.05) is 54.0 Å². The highest BCUT2D eigenvalue weighted by Crippen LogP contribution is 2.34. The van der Waals surface area contributed by atoms with Crippen LogP contribution in [0.15, 0.2) is 36.4 Å². The van der Waals surface area contributed by atoms with Crippen molar-refractivity contribution in [1.82, 2.24) is 0 Å². The molecule has 0 spiro atoms. The molecule has 0 nitrogen and oxygen atoms in total. The molecule has 0 unspecified atom stereocenters. The molecule has 111 valence electrons. The summed E-state index contributed by atoms with van der Waals surface area (Å²) >= 11 is 3.27. The Hall–Kier alpha value is -1.29. The molecule has 21 heavy (non-hydrogen) atoms. The maximum absolute atomic E-state index is 12.8. The fraction of sp³-hybridized carbons (Fsp3) is 0.294. The van der Waals surface area contributed by atoms with Crippen LogP contribution in [0, 0.1) is 6.07 Å². The lowest BCUT2D eigenvalue weighted by Crippen LogP contribution is -2.05. The summed E-state index contributed by atoms with van der Waals surface area (Å²) in [4.78, 5) is 0. The summed E-state index contributed by atoms with van der Waals surface area (Å²) in [6, 6.07) is 12.7. The maximum Gasteiger partial charge on any atom is 0.416 e. The number of hydrogen-bond acceptors (Lipinski definition) is 0. The smallest absolute Gasteiger partial charge is 0.166 e. The van der Waals surface area contributed by atoms with Gasteiger partial charge in [0.25, 0.3) is 0 Å². The molecule has 0 atom stereocenters. The summed E-state index contributed by atoms with van der Waals surface area (Å²) in [6.45, 7) is 4.16. The van der Waals surface area contributed by atoms with Crippen molar-refractivity contribution in [1.29, 1.82) is 0 Å². The standard InChI is InChI=1S/C17H15BrF3/c1-11(2)12-4-3-5-13(8-12)16-7-6-15(17(19,20)21)9-14(16)10-18/h3-4,6-9,11H,10H2,1-2H3. The zero-order chi connectivity index (χ0) is 15.6. The summed E-state index contributed by atoms with van der Waals surface area (Å²) in [5.41, 5.74) is 2.73. The highest BCUT2D eigenvalue weighted by Gasteiger charge is 2.30. The van der Waals surface area contributed by atoms with Gasteiger partial charge in [-0.2, -0.15) is 13.2 Å². The summed E-state index contributed by atoms with van der Waals surface area (Å²) in [5.74, 6) is 0.361. The van der Waals surface area contributed by atoms with E-state index >= 15 is 0 Å². The van der Waals surface area contributed by atoms with Crippen molar-refractivity contribution in [2.45, 2.75) is 31.3 Å². The van der Waals surface area contributed by atoms with Crippen molar-refractivity contribution in [3.63, 3.8) is 0 Å². The van der Waals surface area contributed by atoms with Gasteiger partial charge in [0.1, 0.15) is 0 Å². The van der Waals surface area contributed by atoms with E-state index in [1.807, 2.05) is 18.2 Å². The quantitative estimate of drug-likeness (QED) is 0.575. The number of hydrogen-bond donors (Lipinski definition) is 0. The first-order chi connectivity index (χ1) is 9.82. The van der Waals surface area contributed by atoms with E-state index in [0.717, 1.165) is 22.8 Å². The van der Waals surface area contributed by atoms with Crippen LogP contribution in [0.1, 0.15) is 36.5 Å². The fourth-order valence-corrected chi connectivity index (χ4v) is 2.61. The first-order valence-electron chi connectivity index (χ1n) is 6.61.